The first-order valence-corrected chi connectivity index (χ1v) is 10.1. The molecule has 1 rings (SSSR count). The fraction of sp³-hybridized carbons (Fsp3) is 0.900. The number of hydrogen-bond acceptors (Lipinski definition) is 5. The third kappa shape index (κ3) is 9.71. The van der Waals surface area contributed by atoms with E-state index in [1.807, 2.05) is 0 Å². The number of ether oxygens (including phenoxy) is 2. The van der Waals surface area contributed by atoms with Gasteiger partial charge in [0.25, 0.3) is 0 Å². The molecule has 1 saturated heterocycles. The Morgan fingerprint density at radius 1 is 1.04 bits per heavy atom. The first-order chi connectivity index (χ1) is 12.2. The van der Waals surface area contributed by atoms with Crippen LogP contribution in [0.4, 0.5) is 0 Å². The number of unbranched alkanes of at least 4 members (excludes halogenated alkanes) is 8. The average molecular weight is 359 g/mol. The van der Waals surface area contributed by atoms with E-state index >= 15 is 0 Å². The zero-order valence-electron chi connectivity index (χ0n) is 15.8. The molecule has 0 unspecified atom stereocenters. The van der Waals surface area contributed by atoms with Crippen molar-refractivity contribution in [1.82, 2.24) is 0 Å². The first-order valence-electron chi connectivity index (χ1n) is 10.1. The van der Waals surface area contributed by atoms with Gasteiger partial charge in [-0.15, -0.1) is 0 Å². The van der Waals surface area contributed by atoms with Crippen LogP contribution >= 0.6 is 0 Å². The van der Waals surface area contributed by atoms with Gasteiger partial charge in [-0.3, -0.25) is 0 Å². The number of rotatable bonds is 15. The van der Waals surface area contributed by atoms with Gasteiger partial charge < -0.3 is 24.8 Å². The second kappa shape index (κ2) is 14.7. The van der Waals surface area contributed by atoms with Crippen molar-refractivity contribution < 1.29 is 24.8 Å². The first kappa shape index (κ1) is 22.6. The van der Waals surface area contributed by atoms with Gasteiger partial charge in [-0.05, 0) is 25.7 Å². The van der Waals surface area contributed by atoms with Crippen molar-refractivity contribution in [3.63, 3.8) is 0 Å². The molecule has 0 aromatic heterocycles. The maximum absolute atomic E-state index is 9.84. The van der Waals surface area contributed by atoms with Crippen molar-refractivity contribution in [2.24, 2.45) is 0 Å². The van der Waals surface area contributed by atoms with Gasteiger partial charge in [-0.2, -0.15) is 0 Å². The molecule has 5 nitrogen and oxygen atoms in total. The van der Waals surface area contributed by atoms with E-state index < -0.39 is 31.0 Å². The van der Waals surface area contributed by atoms with Crippen LogP contribution in [0.5, 0.6) is 0 Å². The Balaban J connectivity index is 1.98. The Morgan fingerprint density at radius 2 is 1.68 bits per heavy atom. The maximum Gasteiger partial charge on any atom is 0.114 e. The summed E-state index contributed by atoms with van der Waals surface area (Å²) in [4.78, 5) is 0. The molecule has 0 radical (unpaired) electrons. The average Bonchev–Trinajstić information content (AvgIpc) is 2.99. The van der Waals surface area contributed by atoms with Crippen LogP contribution < -0.4 is 0 Å². The van der Waals surface area contributed by atoms with E-state index in [1.165, 1.54) is 44.9 Å². The molecule has 148 valence electrons. The van der Waals surface area contributed by atoms with Gasteiger partial charge in [0.2, 0.25) is 0 Å². The molecule has 4 atom stereocenters. The molecule has 0 spiro atoms. The second-order valence-electron chi connectivity index (χ2n) is 6.97. The van der Waals surface area contributed by atoms with Crippen molar-refractivity contribution in [1.29, 1.82) is 0 Å². The number of hydrogen-bond donors (Lipinski definition) is 3. The second-order valence-corrected chi connectivity index (χ2v) is 6.97. The fourth-order valence-corrected chi connectivity index (χ4v) is 3.13. The minimum atomic E-state index is -1.01. The molecule has 0 saturated carbocycles. The van der Waals surface area contributed by atoms with Crippen LogP contribution in [0, 0.1) is 0 Å². The minimum absolute atomic E-state index is 0.144. The molecule has 25 heavy (non-hydrogen) atoms. The molecular formula is C20H38O5. The summed E-state index contributed by atoms with van der Waals surface area (Å²) in [5, 5.41) is 28.5. The molecule has 1 fully saturated rings. The van der Waals surface area contributed by atoms with Crippen molar-refractivity contribution in [3.05, 3.63) is 12.2 Å². The summed E-state index contributed by atoms with van der Waals surface area (Å²) in [5.41, 5.74) is 0. The van der Waals surface area contributed by atoms with E-state index in [2.05, 4.69) is 19.1 Å². The summed E-state index contributed by atoms with van der Waals surface area (Å²) in [6.07, 6.45) is 13.8. The monoisotopic (exact) mass is 358 g/mol. The smallest absolute Gasteiger partial charge is 0.114 e. The summed E-state index contributed by atoms with van der Waals surface area (Å²) in [5.74, 6) is 0. The minimum Gasteiger partial charge on any atom is -0.394 e. The lowest BCUT2D eigenvalue weighted by atomic mass is 10.1. The van der Waals surface area contributed by atoms with Crippen molar-refractivity contribution in [3.8, 4) is 0 Å². The van der Waals surface area contributed by atoms with Gasteiger partial charge in [0.15, 0.2) is 0 Å². The van der Waals surface area contributed by atoms with E-state index in [9.17, 15) is 10.2 Å². The molecule has 1 aliphatic heterocycles. The van der Waals surface area contributed by atoms with E-state index in [-0.39, 0.29) is 6.61 Å². The van der Waals surface area contributed by atoms with Crippen molar-refractivity contribution in [2.45, 2.75) is 95.5 Å². The molecule has 0 amide bonds. The van der Waals surface area contributed by atoms with Crippen LogP contribution in [-0.2, 0) is 9.47 Å². The molecular weight excluding hydrogens is 320 g/mol. The quantitative estimate of drug-likeness (QED) is 0.310. The topological polar surface area (TPSA) is 79.2 Å². The molecule has 0 bridgehead atoms. The van der Waals surface area contributed by atoms with Gasteiger partial charge in [0, 0.05) is 6.61 Å². The van der Waals surface area contributed by atoms with E-state index in [4.69, 9.17) is 14.6 Å². The summed E-state index contributed by atoms with van der Waals surface area (Å²) in [6, 6.07) is 0. The molecule has 0 aromatic carbocycles. The van der Waals surface area contributed by atoms with Gasteiger partial charge in [0.1, 0.15) is 24.4 Å². The van der Waals surface area contributed by atoms with Crippen LogP contribution in [0.3, 0.4) is 0 Å². The van der Waals surface area contributed by atoms with E-state index in [0.29, 0.717) is 6.61 Å². The Kier molecular flexibility index (Phi) is 13.3. The molecule has 3 N–H and O–H groups in total. The third-order valence-electron chi connectivity index (χ3n) is 4.70. The van der Waals surface area contributed by atoms with Crippen LogP contribution in [-0.4, -0.2) is 59.6 Å². The lowest BCUT2D eigenvalue weighted by Gasteiger charge is -2.23. The predicted molar refractivity (Wildman–Crippen MR) is 99.6 cm³/mol. The Hall–Kier alpha value is -0.460. The standard InChI is InChI=1S/C20H38O5/c1-2-3-4-5-6-7-8-9-10-11-12-13-14-24-20-18(23)16-25-19(20)17(22)15-21/h10-11,17-23H,2-9,12-16H2,1H3/b11-10+/t17-,18+,19-,20-/m0/s1. The zero-order valence-corrected chi connectivity index (χ0v) is 15.8. The van der Waals surface area contributed by atoms with Crippen LogP contribution in [0.2, 0.25) is 0 Å². The van der Waals surface area contributed by atoms with Crippen LogP contribution in [0.1, 0.15) is 71.1 Å². The highest BCUT2D eigenvalue weighted by Crippen LogP contribution is 2.21. The largest absolute Gasteiger partial charge is 0.394 e. The Labute approximate surface area is 153 Å². The predicted octanol–water partition coefficient (Wildman–Crippen LogP) is 2.96. The van der Waals surface area contributed by atoms with Crippen molar-refractivity contribution in [2.75, 3.05) is 19.8 Å². The Bertz CT molecular complexity index is 334. The molecule has 0 aromatic rings. The summed E-state index contributed by atoms with van der Waals surface area (Å²) >= 11 is 0. The Morgan fingerprint density at radius 3 is 2.36 bits per heavy atom. The van der Waals surface area contributed by atoms with Crippen molar-refractivity contribution >= 4 is 0 Å². The number of allylic oxidation sites excluding steroid dienone is 2. The van der Waals surface area contributed by atoms with Crippen LogP contribution in [0.25, 0.3) is 0 Å². The van der Waals surface area contributed by atoms with Gasteiger partial charge in [-0.1, -0.05) is 57.6 Å². The molecule has 0 aliphatic carbocycles. The molecule has 5 heteroatoms. The normalized spacial score (nSPS) is 25.0. The SMILES string of the molecule is CCCCCCCCC/C=C/CCCO[C@@H]1[C@H]([C@@H](O)CO)OC[C@H]1O. The highest BCUT2D eigenvalue weighted by atomic mass is 16.6. The summed E-state index contributed by atoms with van der Waals surface area (Å²) in [7, 11) is 0. The number of aliphatic hydroxyl groups is 3. The molecule has 1 aliphatic rings. The summed E-state index contributed by atoms with van der Waals surface area (Å²) < 4.78 is 11.0. The lowest BCUT2D eigenvalue weighted by molar-refractivity contribution is -0.0935. The van der Waals surface area contributed by atoms with Crippen LogP contribution in [0.15, 0.2) is 12.2 Å². The van der Waals surface area contributed by atoms with Gasteiger partial charge in [-0.25, -0.2) is 0 Å². The summed E-state index contributed by atoms with van der Waals surface area (Å²) in [6.45, 7) is 2.52. The van der Waals surface area contributed by atoms with Gasteiger partial charge in [0.05, 0.1) is 13.2 Å². The van der Waals surface area contributed by atoms with E-state index in [1.54, 1.807) is 0 Å². The zero-order chi connectivity index (χ0) is 18.3. The highest BCUT2D eigenvalue weighted by Gasteiger charge is 2.40. The maximum atomic E-state index is 9.84. The highest BCUT2D eigenvalue weighted by molar-refractivity contribution is 4.89. The number of aliphatic hydroxyl groups excluding tert-OH is 3. The van der Waals surface area contributed by atoms with E-state index in [0.717, 1.165) is 19.3 Å². The molecule has 1 heterocycles. The van der Waals surface area contributed by atoms with Gasteiger partial charge >= 0.3 is 0 Å². The third-order valence-corrected chi connectivity index (χ3v) is 4.70. The fourth-order valence-electron chi connectivity index (χ4n) is 3.13. The lowest BCUT2D eigenvalue weighted by Crippen LogP contribution is -2.42.